The Hall–Kier alpha value is -2.37. The van der Waals surface area contributed by atoms with Crippen LogP contribution < -0.4 is 20.9 Å². The van der Waals surface area contributed by atoms with Crippen LogP contribution in [0, 0.1) is 0 Å². The van der Waals surface area contributed by atoms with Gasteiger partial charge >= 0.3 is 0 Å². The van der Waals surface area contributed by atoms with Crippen LogP contribution in [0.25, 0.3) is 0 Å². The zero-order valence-electron chi connectivity index (χ0n) is 17.2. The Morgan fingerprint density at radius 1 is 0.893 bits per heavy atom. The van der Waals surface area contributed by atoms with Gasteiger partial charge in [-0.25, -0.2) is 0 Å². The van der Waals surface area contributed by atoms with E-state index in [0.29, 0.717) is 13.0 Å². The standard InChI is InChI=1S/C19H26N4.C4H8O/c1-21-15-17-4-8-19(9-5-17)23-12-10-22(11-13-23)18-6-2-16(14-20)3-7-18;1-2-3-4-5/h2-9,21H,10-15,20H2,1H3;4H,2-3H2,1H3. The van der Waals surface area contributed by atoms with Crippen molar-refractivity contribution in [3.05, 3.63) is 59.7 Å². The van der Waals surface area contributed by atoms with Gasteiger partial charge in [-0.05, 0) is 48.9 Å². The normalized spacial score (nSPS) is 13.7. The molecular weight excluding hydrogens is 348 g/mol. The van der Waals surface area contributed by atoms with Gasteiger partial charge in [-0.15, -0.1) is 0 Å². The van der Waals surface area contributed by atoms with Gasteiger partial charge in [0.1, 0.15) is 6.29 Å². The van der Waals surface area contributed by atoms with Gasteiger partial charge in [-0.1, -0.05) is 31.2 Å². The van der Waals surface area contributed by atoms with Crippen molar-refractivity contribution in [2.75, 3.05) is 43.0 Å². The molecule has 0 bridgehead atoms. The van der Waals surface area contributed by atoms with Crippen LogP contribution in [0.3, 0.4) is 0 Å². The Morgan fingerprint density at radius 3 is 1.68 bits per heavy atom. The first-order valence-electron chi connectivity index (χ1n) is 10.2. The van der Waals surface area contributed by atoms with Crippen molar-refractivity contribution >= 4 is 17.7 Å². The number of piperazine rings is 1. The van der Waals surface area contributed by atoms with Crippen LogP contribution in [0.2, 0.25) is 0 Å². The predicted molar refractivity (Wildman–Crippen MR) is 119 cm³/mol. The number of benzene rings is 2. The lowest BCUT2D eigenvalue weighted by Gasteiger charge is -2.37. The predicted octanol–water partition coefficient (Wildman–Crippen LogP) is 3.18. The maximum absolute atomic E-state index is 9.40. The lowest BCUT2D eigenvalue weighted by atomic mass is 10.1. The molecular formula is C23H34N4O. The second-order valence-corrected chi connectivity index (χ2v) is 7.00. The SMILES string of the molecule is CCCC=O.CNCc1ccc(N2CCN(c3ccc(CN)cc3)CC2)cc1. The molecule has 0 radical (unpaired) electrons. The van der Waals surface area contributed by atoms with E-state index in [1.807, 2.05) is 14.0 Å². The number of rotatable bonds is 7. The number of hydrogen-bond donors (Lipinski definition) is 2. The zero-order valence-corrected chi connectivity index (χ0v) is 17.2. The molecule has 5 heteroatoms. The van der Waals surface area contributed by atoms with Gasteiger partial charge in [0, 0.05) is 57.1 Å². The van der Waals surface area contributed by atoms with E-state index in [-0.39, 0.29) is 0 Å². The molecule has 0 saturated carbocycles. The van der Waals surface area contributed by atoms with E-state index in [4.69, 9.17) is 5.73 Å². The molecule has 152 valence electrons. The van der Waals surface area contributed by atoms with Gasteiger partial charge in [0.2, 0.25) is 0 Å². The molecule has 2 aromatic carbocycles. The Balaban J connectivity index is 0.000000500. The van der Waals surface area contributed by atoms with Crippen LogP contribution >= 0.6 is 0 Å². The van der Waals surface area contributed by atoms with Crippen LogP contribution in [-0.2, 0) is 17.9 Å². The molecule has 0 unspecified atom stereocenters. The monoisotopic (exact) mass is 382 g/mol. The minimum absolute atomic E-state index is 0.609. The number of anilines is 2. The summed E-state index contributed by atoms with van der Waals surface area (Å²) in [4.78, 5) is 14.3. The van der Waals surface area contributed by atoms with Gasteiger partial charge in [0.15, 0.2) is 0 Å². The summed E-state index contributed by atoms with van der Waals surface area (Å²) < 4.78 is 0. The number of carbonyl (C=O) groups is 1. The molecule has 0 atom stereocenters. The van der Waals surface area contributed by atoms with Crippen molar-refractivity contribution in [1.82, 2.24) is 5.32 Å². The summed E-state index contributed by atoms with van der Waals surface area (Å²) in [6.45, 7) is 7.74. The number of aldehydes is 1. The molecule has 5 nitrogen and oxygen atoms in total. The molecule has 3 rings (SSSR count). The first-order chi connectivity index (χ1) is 13.7. The highest BCUT2D eigenvalue weighted by atomic mass is 16.1. The topological polar surface area (TPSA) is 61.6 Å². The molecule has 0 aromatic heterocycles. The van der Waals surface area contributed by atoms with Crippen molar-refractivity contribution in [2.45, 2.75) is 32.9 Å². The molecule has 2 aromatic rings. The molecule has 28 heavy (non-hydrogen) atoms. The number of hydrogen-bond acceptors (Lipinski definition) is 5. The minimum atomic E-state index is 0.609. The third-order valence-corrected chi connectivity index (χ3v) is 4.91. The maximum Gasteiger partial charge on any atom is 0.119 e. The lowest BCUT2D eigenvalue weighted by Crippen LogP contribution is -2.46. The second-order valence-electron chi connectivity index (χ2n) is 7.00. The molecule has 3 N–H and O–H groups in total. The van der Waals surface area contributed by atoms with Crippen molar-refractivity contribution in [3.8, 4) is 0 Å². The van der Waals surface area contributed by atoms with E-state index in [0.717, 1.165) is 45.4 Å². The van der Waals surface area contributed by atoms with E-state index in [9.17, 15) is 4.79 Å². The highest BCUT2D eigenvalue weighted by Crippen LogP contribution is 2.21. The Kier molecular flexibility index (Phi) is 9.52. The van der Waals surface area contributed by atoms with Crippen LogP contribution in [0.1, 0.15) is 30.9 Å². The zero-order chi connectivity index (χ0) is 20.2. The van der Waals surface area contributed by atoms with Gasteiger partial charge in [-0.2, -0.15) is 0 Å². The fraction of sp³-hybridized carbons (Fsp3) is 0.435. The Morgan fingerprint density at radius 2 is 1.36 bits per heavy atom. The van der Waals surface area contributed by atoms with Crippen LogP contribution in [0.4, 0.5) is 11.4 Å². The minimum Gasteiger partial charge on any atom is -0.368 e. The summed E-state index contributed by atoms with van der Waals surface area (Å²) >= 11 is 0. The molecule has 1 aliphatic heterocycles. The molecule has 1 fully saturated rings. The molecule has 0 aliphatic carbocycles. The summed E-state index contributed by atoms with van der Waals surface area (Å²) in [5.74, 6) is 0. The van der Waals surface area contributed by atoms with Crippen molar-refractivity contribution < 1.29 is 4.79 Å². The average molecular weight is 383 g/mol. The van der Waals surface area contributed by atoms with Gasteiger partial charge in [-0.3, -0.25) is 0 Å². The average Bonchev–Trinajstić information content (AvgIpc) is 2.76. The largest absolute Gasteiger partial charge is 0.368 e. The Labute approximate surface area is 169 Å². The highest BCUT2D eigenvalue weighted by molar-refractivity contribution is 5.52. The third kappa shape index (κ3) is 6.66. The van der Waals surface area contributed by atoms with Crippen molar-refractivity contribution in [2.24, 2.45) is 5.73 Å². The highest BCUT2D eigenvalue weighted by Gasteiger charge is 2.17. The van der Waals surface area contributed by atoms with Gasteiger partial charge < -0.3 is 25.6 Å². The van der Waals surface area contributed by atoms with Gasteiger partial charge in [0.25, 0.3) is 0 Å². The fourth-order valence-corrected chi connectivity index (χ4v) is 3.21. The number of unbranched alkanes of at least 4 members (excludes halogenated alkanes) is 1. The number of nitrogens with two attached hydrogens (primary N) is 1. The molecule has 0 amide bonds. The molecule has 1 aliphatic rings. The summed E-state index contributed by atoms with van der Waals surface area (Å²) in [7, 11) is 1.98. The fourth-order valence-electron chi connectivity index (χ4n) is 3.21. The maximum atomic E-state index is 9.40. The quantitative estimate of drug-likeness (QED) is 0.720. The van der Waals surface area contributed by atoms with E-state index in [1.54, 1.807) is 0 Å². The molecule has 0 spiro atoms. The summed E-state index contributed by atoms with van der Waals surface area (Å²) in [5, 5.41) is 3.19. The third-order valence-electron chi connectivity index (χ3n) is 4.91. The number of carbonyl (C=O) groups excluding carboxylic acids is 1. The van der Waals surface area contributed by atoms with Crippen LogP contribution in [0.5, 0.6) is 0 Å². The first-order valence-corrected chi connectivity index (χ1v) is 10.2. The summed E-state index contributed by atoms with van der Waals surface area (Å²) in [6, 6.07) is 17.5. The van der Waals surface area contributed by atoms with Crippen LogP contribution in [-0.4, -0.2) is 39.5 Å². The van der Waals surface area contributed by atoms with E-state index in [2.05, 4.69) is 63.6 Å². The lowest BCUT2D eigenvalue weighted by molar-refractivity contribution is -0.107. The van der Waals surface area contributed by atoms with E-state index in [1.165, 1.54) is 22.5 Å². The second kappa shape index (κ2) is 12.2. The smallest absolute Gasteiger partial charge is 0.119 e. The Bertz CT molecular complexity index is 677. The number of nitrogens with one attached hydrogen (secondary N) is 1. The molecule has 1 heterocycles. The van der Waals surface area contributed by atoms with Gasteiger partial charge in [0.05, 0.1) is 0 Å². The van der Waals surface area contributed by atoms with Crippen molar-refractivity contribution in [3.63, 3.8) is 0 Å². The van der Waals surface area contributed by atoms with E-state index >= 15 is 0 Å². The van der Waals surface area contributed by atoms with Crippen LogP contribution in [0.15, 0.2) is 48.5 Å². The number of nitrogens with zero attached hydrogens (tertiary/aromatic N) is 2. The van der Waals surface area contributed by atoms with Crippen molar-refractivity contribution in [1.29, 1.82) is 0 Å². The summed E-state index contributed by atoms with van der Waals surface area (Å²) in [6.07, 6.45) is 2.61. The first kappa shape index (κ1) is 21.9. The van der Waals surface area contributed by atoms with E-state index < -0.39 is 0 Å². The molecule has 1 saturated heterocycles. The summed E-state index contributed by atoms with van der Waals surface area (Å²) in [5.41, 5.74) is 10.8.